The van der Waals surface area contributed by atoms with E-state index in [1.807, 2.05) is 11.9 Å². The van der Waals surface area contributed by atoms with Crippen LogP contribution in [0.3, 0.4) is 0 Å². The van der Waals surface area contributed by atoms with Crippen LogP contribution in [0.5, 0.6) is 0 Å². The van der Waals surface area contributed by atoms with Crippen LogP contribution in [0.15, 0.2) is 24.3 Å². The number of hydrogen-bond acceptors (Lipinski definition) is 6. The van der Waals surface area contributed by atoms with Crippen molar-refractivity contribution in [2.24, 2.45) is 7.05 Å². The van der Waals surface area contributed by atoms with E-state index in [-0.39, 0.29) is 23.4 Å². The van der Waals surface area contributed by atoms with Crippen molar-refractivity contribution in [1.29, 1.82) is 0 Å². The van der Waals surface area contributed by atoms with Gasteiger partial charge in [0.05, 0.1) is 24.8 Å². The van der Waals surface area contributed by atoms with Crippen LogP contribution in [-0.2, 0) is 28.3 Å². The van der Waals surface area contributed by atoms with Gasteiger partial charge in [-0.1, -0.05) is 0 Å². The summed E-state index contributed by atoms with van der Waals surface area (Å²) in [7, 11) is 0.426. The molecule has 0 amide bonds. The molecule has 10 heteroatoms. The highest BCUT2D eigenvalue weighted by molar-refractivity contribution is 7.91. The smallest absolute Gasteiger partial charge is 0.199 e. The van der Waals surface area contributed by atoms with Crippen LogP contribution in [-0.4, -0.2) is 65.5 Å². The third-order valence-corrected chi connectivity index (χ3v) is 7.00. The predicted octanol–water partition coefficient (Wildman–Crippen LogP) is 1.85. The van der Waals surface area contributed by atoms with Crippen LogP contribution in [0.25, 0.3) is 11.4 Å². The quantitative estimate of drug-likeness (QED) is 0.644. The Bertz CT molecular complexity index is 954. The van der Waals surface area contributed by atoms with Crippen molar-refractivity contribution in [3.8, 4) is 11.4 Å². The first-order chi connectivity index (χ1) is 12.8. The Hall–Kier alpha value is -1.62. The van der Waals surface area contributed by atoms with Gasteiger partial charge in [-0.15, -0.1) is 0 Å². The molecule has 1 aromatic heterocycles. The molecule has 0 unspecified atom stereocenters. The van der Waals surface area contributed by atoms with Crippen molar-refractivity contribution in [3.63, 3.8) is 0 Å². The molecule has 0 aliphatic carbocycles. The summed E-state index contributed by atoms with van der Waals surface area (Å²) >= 11 is 5.50. The number of nitrogens with zero attached hydrogens (tertiary/aromatic N) is 4. The van der Waals surface area contributed by atoms with Crippen LogP contribution in [0.4, 0.5) is 4.39 Å². The minimum Gasteiger partial charge on any atom is -0.383 e. The van der Waals surface area contributed by atoms with Gasteiger partial charge in [-0.25, -0.2) is 17.5 Å². The van der Waals surface area contributed by atoms with Gasteiger partial charge in [-0.3, -0.25) is 4.90 Å². The summed E-state index contributed by atoms with van der Waals surface area (Å²) in [6, 6.07) is 5.99. The van der Waals surface area contributed by atoms with Crippen LogP contribution in [0, 0.1) is 10.6 Å². The lowest BCUT2D eigenvalue weighted by Gasteiger charge is -2.27. The van der Waals surface area contributed by atoms with Gasteiger partial charge >= 0.3 is 0 Å². The van der Waals surface area contributed by atoms with Crippen molar-refractivity contribution in [3.05, 3.63) is 34.9 Å². The van der Waals surface area contributed by atoms with E-state index in [1.54, 1.807) is 28.5 Å². The molecular formula is C17H23FN4O3S2. The number of sulfone groups is 1. The molecular weight excluding hydrogens is 391 g/mol. The normalized spacial score (nSPS) is 19.0. The molecule has 1 aliphatic rings. The number of benzene rings is 1. The van der Waals surface area contributed by atoms with E-state index in [0.717, 1.165) is 5.56 Å². The van der Waals surface area contributed by atoms with Crippen molar-refractivity contribution in [2.45, 2.75) is 19.1 Å². The average molecular weight is 415 g/mol. The SMILES string of the molecule is COCCN(Cn1nc(-c2ccc(F)cc2)n(C)c1=S)[C@H]1CCS(=O)(=O)C1. The molecule has 1 aromatic carbocycles. The molecule has 0 radical (unpaired) electrons. The number of rotatable bonds is 7. The molecule has 7 nitrogen and oxygen atoms in total. The molecule has 1 aliphatic heterocycles. The molecule has 0 bridgehead atoms. The fraction of sp³-hybridized carbons (Fsp3) is 0.529. The second kappa shape index (κ2) is 8.17. The summed E-state index contributed by atoms with van der Waals surface area (Å²) in [5.74, 6) is 0.662. The molecule has 2 aromatic rings. The second-order valence-electron chi connectivity index (χ2n) is 6.68. The summed E-state index contributed by atoms with van der Waals surface area (Å²) in [6.07, 6.45) is 0.594. The lowest BCUT2D eigenvalue weighted by molar-refractivity contribution is 0.0980. The number of aromatic nitrogens is 3. The third-order valence-electron chi connectivity index (χ3n) is 4.77. The highest BCUT2D eigenvalue weighted by atomic mass is 32.2. The lowest BCUT2D eigenvalue weighted by atomic mass is 10.2. The topological polar surface area (TPSA) is 69.4 Å². The Kier molecular flexibility index (Phi) is 6.09. The first-order valence-corrected chi connectivity index (χ1v) is 10.9. The predicted molar refractivity (Wildman–Crippen MR) is 103 cm³/mol. The summed E-state index contributed by atoms with van der Waals surface area (Å²) in [5.41, 5.74) is 0.760. The molecule has 27 heavy (non-hydrogen) atoms. The largest absolute Gasteiger partial charge is 0.383 e. The van der Waals surface area contributed by atoms with Crippen molar-refractivity contribution < 1.29 is 17.5 Å². The van der Waals surface area contributed by atoms with Gasteiger partial charge in [0.1, 0.15) is 5.82 Å². The Labute approximate surface area is 163 Å². The Balaban J connectivity index is 1.86. The maximum Gasteiger partial charge on any atom is 0.199 e. The maximum atomic E-state index is 13.2. The zero-order valence-electron chi connectivity index (χ0n) is 15.3. The van der Waals surface area contributed by atoms with Crippen LogP contribution in [0.2, 0.25) is 0 Å². The van der Waals surface area contributed by atoms with Crippen molar-refractivity contribution in [2.75, 3.05) is 31.8 Å². The number of methoxy groups -OCH3 is 1. The molecule has 2 heterocycles. The monoisotopic (exact) mass is 414 g/mol. The summed E-state index contributed by atoms with van der Waals surface area (Å²) in [5, 5.41) is 4.59. The van der Waals surface area contributed by atoms with Gasteiger partial charge in [0.15, 0.2) is 20.4 Å². The second-order valence-corrected chi connectivity index (χ2v) is 9.27. The molecule has 0 N–H and O–H groups in total. The summed E-state index contributed by atoms with van der Waals surface area (Å²) in [6.45, 7) is 1.44. The minimum atomic E-state index is -3.00. The fourth-order valence-electron chi connectivity index (χ4n) is 3.24. The standard InChI is InChI=1S/C17H23FN4O3S2/c1-20-16(13-3-5-14(18)6-4-13)19-22(17(20)26)12-21(8-9-25-2)15-7-10-27(23,24)11-15/h3-6,15H,7-12H2,1-2H3/t15-/m0/s1. The zero-order chi connectivity index (χ0) is 19.6. The Morgan fingerprint density at radius 2 is 2.07 bits per heavy atom. The maximum absolute atomic E-state index is 13.2. The highest BCUT2D eigenvalue weighted by Gasteiger charge is 2.32. The van der Waals surface area contributed by atoms with E-state index in [1.165, 1.54) is 12.1 Å². The van der Waals surface area contributed by atoms with Gasteiger partial charge in [-0.05, 0) is 42.9 Å². The molecule has 0 saturated carbocycles. The van der Waals surface area contributed by atoms with Crippen LogP contribution < -0.4 is 0 Å². The van der Waals surface area contributed by atoms with Crippen molar-refractivity contribution in [1.82, 2.24) is 19.2 Å². The molecule has 1 fully saturated rings. The first kappa shape index (κ1) is 20.1. The Morgan fingerprint density at radius 3 is 2.67 bits per heavy atom. The molecule has 1 saturated heterocycles. The first-order valence-electron chi connectivity index (χ1n) is 8.64. The highest BCUT2D eigenvalue weighted by Crippen LogP contribution is 2.21. The van der Waals surface area contributed by atoms with Crippen molar-refractivity contribution >= 4 is 22.1 Å². The number of halogens is 1. The number of ether oxygens (including phenoxy) is 1. The van der Waals surface area contributed by atoms with Gasteiger partial charge in [0.2, 0.25) is 0 Å². The van der Waals surface area contributed by atoms with E-state index < -0.39 is 9.84 Å². The molecule has 1 atom stereocenters. The summed E-state index contributed by atoms with van der Waals surface area (Å²) < 4.78 is 46.1. The van der Waals surface area contributed by atoms with E-state index >= 15 is 0 Å². The third kappa shape index (κ3) is 4.63. The molecule has 0 spiro atoms. The number of hydrogen-bond donors (Lipinski definition) is 0. The van der Waals surface area contributed by atoms with E-state index in [4.69, 9.17) is 17.0 Å². The van der Waals surface area contributed by atoms with Gasteiger partial charge in [-0.2, -0.15) is 5.10 Å². The van der Waals surface area contributed by atoms with Gasteiger partial charge < -0.3 is 9.30 Å². The molecule has 148 valence electrons. The lowest BCUT2D eigenvalue weighted by Crippen LogP contribution is -2.40. The Morgan fingerprint density at radius 1 is 1.37 bits per heavy atom. The van der Waals surface area contributed by atoms with Gasteiger partial charge in [0, 0.05) is 32.3 Å². The van der Waals surface area contributed by atoms with Crippen LogP contribution in [0.1, 0.15) is 6.42 Å². The van der Waals surface area contributed by atoms with E-state index in [0.29, 0.717) is 36.8 Å². The zero-order valence-corrected chi connectivity index (χ0v) is 17.0. The van der Waals surface area contributed by atoms with Crippen LogP contribution >= 0.6 is 12.2 Å². The van der Waals surface area contributed by atoms with E-state index in [9.17, 15) is 12.8 Å². The average Bonchev–Trinajstić information content (AvgIpc) is 3.13. The van der Waals surface area contributed by atoms with Gasteiger partial charge in [0.25, 0.3) is 0 Å². The minimum absolute atomic E-state index is 0.0803. The molecule has 3 rings (SSSR count). The summed E-state index contributed by atoms with van der Waals surface area (Å²) in [4.78, 5) is 2.05. The van der Waals surface area contributed by atoms with E-state index in [2.05, 4.69) is 5.10 Å². The fourth-order valence-corrected chi connectivity index (χ4v) is 5.19.